The molecule has 10 aromatic carbocycles. The van der Waals surface area contributed by atoms with Crippen molar-refractivity contribution in [1.29, 1.82) is 0 Å². The summed E-state index contributed by atoms with van der Waals surface area (Å²) in [4.78, 5) is 0. The molecule has 1 fully saturated rings. The highest BCUT2D eigenvalue weighted by molar-refractivity contribution is 7.26. The Labute approximate surface area is 361 Å². The predicted molar refractivity (Wildman–Crippen MR) is 265 cm³/mol. The van der Waals surface area contributed by atoms with Crippen LogP contribution in [0.25, 0.3) is 108 Å². The third-order valence-corrected chi connectivity index (χ3v) is 14.6. The second-order valence-corrected chi connectivity index (χ2v) is 18.1. The maximum Gasteiger partial charge on any atom is 0.0433 e. The molecule has 0 unspecified atom stereocenters. The lowest BCUT2D eigenvalue weighted by Gasteiger charge is -2.23. The summed E-state index contributed by atoms with van der Waals surface area (Å²) in [5, 5.41) is 10.5. The molecule has 0 nitrogen and oxygen atoms in total. The molecule has 1 saturated carbocycles. The Morgan fingerprint density at radius 3 is 1.34 bits per heavy atom. The smallest absolute Gasteiger partial charge is 0.0433 e. The fraction of sp³-hybridized carbons (Fsp3) is 0.100. The number of hydrogen-bond donors (Lipinski definition) is 0. The predicted octanol–water partition coefficient (Wildman–Crippen LogP) is 17.9. The third-order valence-electron chi connectivity index (χ3n) is 13.4. The van der Waals surface area contributed by atoms with E-state index in [1.54, 1.807) is 0 Å². The summed E-state index contributed by atoms with van der Waals surface area (Å²) in [7, 11) is 0. The van der Waals surface area contributed by atoms with E-state index in [0.717, 1.165) is 0 Å². The zero-order valence-corrected chi connectivity index (χ0v) is 34.9. The summed E-state index contributed by atoms with van der Waals surface area (Å²) >= 11 is 1.93. The van der Waals surface area contributed by atoms with Crippen LogP contribution in [0.2, 0.25) is 0 Å². The first-order chi connectivity index (χ1) is 30.2. The van der Waals surface area contributed by atoms with Crippen molar-refractivity contribution >= 4 is 63.8 Å². The zero-order chi connectivity index (χ0) is 40.3. The van der Waals surface area contributed by atoms with Crippen molar-refractivity contribution in [3.05, 3.63) is 206 Å². The zero-order valence-electron chi connectivity index (χ0n) is 34.1. The molecule has 0 radical (unpaired) electrons. The van der Waals surface area contributed by atoms with Crippen molar-refractivity contribution in [2.45, 2.75) is 38.0 Å². The van der Waals surface area contributed by atoms with E-state index in [1.807, 2.05) is 11.3 Å². The van der Waals surface area contributed by atoms with Gasteiger partial charge in [0.05, 0.1) is 0 Å². The van der Waals surface area contributed by atoms with Gasteiger partial charge in [0.2, 0.25) is 0 Å². The average Bonchev–Trinajstić information content (AvgIpc) is 3.73. The number of thiophene rings is 1. The van der Waals surface area contributed by atoms with Gasteiger partial charge >= 0.3 is 0 Å². The Bertz CT molecular complexity index is 3430. The lowest BCUT2D eigenvalue weighted by Crippen LogP contribution is -2.05. The maximum absolute atomic E-state index is 2.52. The summed E-state index contributed by atoms with van der Waals surface area (Å²) in [5.74, 6) is 0.610. The minimum Gasteiger partial charge on any atom is -0.135 e. The molecule has 0 atom stereocenters. The molecule has 1 aromatic heterocycles. The number of hydrogen-bond acceptors (Lipinski definition) is 1. The van der Waals surface area contributed by atoms with E-state index in [2.05, 4.69) is 200 Å². The van der Waals surface area contributed by atoms with E-state index in [9.17, 15) is 0 Å². The van der Waals surface area contributed by atoms with Gasteiger partial charge in [0.25, 0.3) is 0 Å². The molecule has 0 N–H and O–H groups in total. The second-order valence-electron chi connectivity index (χ2n) is 17.1. The van der Waals surface area contributed by atoms with Gasteiger partial charge in [0.1, 0.15) is 0 Å². The topological polar surface area (TPSA) is 0 Å². The molecular weight excluding hydrogens is 753 g/mol. The van der Waals surface area contributed by atoms with Crippen LogP contribution in [-0.2, 0) is 0 Å². The van der Waals surface area contributed by atoms with Crippen LogP contribution in [-0.4, -0.2) is 0 Å². The Balaban J connectivity index is 0.915. The van der Waals surface area contributed by atoms with Crippen LogP contribution in [0.1, 0.15) is 43.6 Å². The van der Waals surface area contributed by atoms with Crippen molar-refractivity contribution in [3.63, 3.8) is 0 Å². The molecule has 0 amide bonds. The maximum atomic E-state index is 2.52. The van der Waals surface area contributed by atoms with E-state index in [0.29, 0.717) is 5.92 Å². The van der Waals surface area contributed by atoms with Gasteiger partial charge in [-0.2, -0.15) is 0 Å². The molecule has 0 aliphatic heterocycles. The Hall–Kier alpha value is -6.80. The molecule has 1 heterocycles. The van der Waals surface area contributed by atoms with Crippen LogP contribution >= 0.6 is 11.3 Å². The van der Waals surface area contributed by atoms with E-state index in [-0.39, 0.29) is 0 Å². The quantitative estimate of drug-likeness (QED) is 0.147. The first kappa shape index (κ1) is 36.1. The Kier molecular flexibility index (Phi) is 8.89. The summed E-state index contributed by atoms with van der Waals surface area (Å²) < 4.78 is 2.74. The molecule has 0 bridgehead atoms. The highest BCUT2D eigenvalue weighted by Gasteiger charge is 2.19. The van der Waals surface area contributed by atoms with Crippen LogP contribution in [0.5, 0.6) is 0 Å². The molecule has 1 aliphatic rings. The number of rotatable bonds is 6. The normalized spacial score (nSPS) is 13.5. The first-order valence-corrected chi connectivity index (χ1v) is 22.7. The van der Waals surface area contributed by atoms with E-state index in [4.69, 9.17) is 0 Å². The highest BCUT2D eigenvalue weighted by Crippen LogP contribution is 2.44. The van der Waals surface area contributed by atoms with E-state index in [1.165, 1.54) is 146 Å². The van der Waals surface area contributed by atoms with Crippen LogP contribution in [0.3, 0.4) is 0 Å². The van der Waals surface area contributed by atoms with Gasteiger partial charge < -0.3 is 0 Å². The molecule has 12 rings (SSSR count). The minimum atomic E-state index is 0.610. The standard InChI is InChI=1S/C60H44S/c1-2-14-39(15-3-1)47-35-48(37-49(36-47)50-27-13-28-57-56-26-8-9-29-59(56)61-60(50)57)45-21-12-19-43(34-45)41-17-10-16-40(32-41)42-18-11-20-44(33-42)46-30-31-55-53-24-5-4-22-51(53)52-23-6-7-25-54(52)58(55)38-46/h4-13,16-39H,1-3,14-15H2. The Morgan fingerprint density at radius 1 is 0.295 bits per heavy atom. The van der Waals surface area contributed by atoms with Crippen molar-refractivity contribution < 1.29 is 0 Å². The fourth-order valence-electron chi connectivity index (χ4n) is 10.3. The Morgan fingerprint density at radius 2 is 0.738 bits per heavy atom. The molecule has 290 valence electrons. The molecule has 0 spiro atoms. The van der Waals surface area contributed by atoms with Crippen molar-refractivity contribution in [2.75, 3.05) is 0 Å². The molecule has 0 saturated heterocycles. The van der Waals surface area contributed by atoms with Gasteiger partial charge in [-0.05, 0) is 149 Å². The largest absolute Gasteiger partial charge is 0.135 e. The highest BCUT2D eigenvalue weighted by atomic mass is 32.1. The van der Waals surface area contributed by atoms with Gasteiger partial charge in [0, 0.05) is 20.2 Å². The van der Waals surface area contributed by atoms with Crippen molar-refractivity contribution in [2.24, 2.45) is 0 Å². The molecule has 1 aliphatic carbocycles. The van der Waals surface area contributed by atoms with Crippen LogP contribution in [0.15, 0.2) is 200 Å². The summed E-state index contributed by atoms with van der Waals surface area (Å²) in [6.45, 7) is 0. The van der Waals surface area contributed by atoms with Gasteiger partial charge in [-0.25, -0.2) is 0 Å². The molecular formula is C60H44S. The van der Waals surface area contributed by atoms with E-state index >= 15 is 0 Å². The van der Waals surface area contributed by atoms with Gasteiger partial charge in [-0.1, -0.05) is 183 Å². The van der Waals surface area contributed by atoms with Crippen LogP contribution < -0.4 is 0 Å². The van der Waals surface area contributed by atoms with Gasteiger partial charge in [-0.3, -0.25) is 0 Å². The van der Waals surface area contributed by atoms with Crippen molar-refractivity contribution in [3.8, 4) is 55.6 Å². The summed E-state index contributed by atoms with van der Waals surface area (Å²) in [5.41, 5.74) is 14.1. The number of fused-ring (bicyclic) bond motifs is 9. The summed E-state index contributed by atoms with van der Waals surface area (Å²) in [6, 6.07) is 75.2. The van der Waals surface area contributed by atoms with Gasteiger partial charge in [-0.15, -0.1) is 11.3 Å². The lowest BCUT2D eigenvalue weighted by molar-refractivity contribution is 0.444. The average molecular weight is 797 g/mol. The molecule has 1 heteroatoms. The monoisotopic (exact) mass is 796 g/mol. The molecule has 11 aromatic rings. The first-order valence-electron chi connectivity index (χ1n) is 21.9. The van der Waals surface area contributed by atoms with E-state index < -0.39 is 0 Å². The van der Waals surface area contributed by atoms with Crippen LogP contribution in [0.4, 0.5) is 0 Å². The second kappa shape index (κ2) is 15.0. The minimum absolute atomic E-state index is 0.610. The van der Waals surface area contributed by atoms with Crippen LogP contribution in [0, 0.1) is 0 Å². The molecule has 61 heavy (non-hydrogen) atoms. The third kappa shape index (κ3) is 6.44. The van der Waals surface area contributed by atoms with Gasteiger partial charge in [0.15, 0.2) is 0 Å². The summed E-state index contributed by atoms with van der Waals surface area (Å²) in [6.07, 6.45) is 6.55. The fourth-order valence-corrected chi connectivity index (χ4v) is 11.6. The lowest BCUT2D eigenvalue weighted by atomic mass is 9.81. The number of benzene rings is 10. The van der Waals surface area contributed by atoms with Crippen molar-refractivity contribution in [1.82, 2.24) is 0 Å². The SMILES string of the molecule is c1cc(-c2cccc(-c3cc(-c4cccc5c4sc4ccccc45)cc(C4CCCCC4)c3)c2)cc(-c2cccc(-c3ccc4c5ccccc5c5ccccc5c4c3)c2)c1.